The minimum Gasteiger partial charge on any atom is -0.269 e. The van der Waals surface area contributed by atoms with Gasteiger partial charge in [-0.15, -0.1) is 0 Å². The molecule has 0 atom stereocenters. The lowest BCUT2D eigenvalue weighted by molar-refractivity contribution is 0.489. The van der Waals surface area contributed by atoms with Gasteiger partial charge in [-0.3, -0.25) is 9.27 Å². The van der Waals surface area contributed by atoms with Crippen LogP contribution in [0, 0.1) is 13.8 Å². The van der Waals surface area contributed by atoms with E-state index in [9.17, 15) is 8.42 Å². The van der Waals surface area contributed by atoms with Gasteiger partial charge >= 0.3 is 10.3 Å². The van der Waals surface area contributed by atoms with Crippen LogP contribution in [0.3, 0.4) is 0 Å². The van der Waals surface area contributed by atoms with E-state index in [4.69, 9.17) is 4.55 Å². The lowest BCUT2D eigenvalue weighted by atomic mass is 10.1. The number of hydrogen-bond acceptors (Lipinski definition) is 2. The van der Waals surface area contributed by atoms with E-state index in [1.165, 1.54) is 0 Å². The van der Waals surface area contributed by atoms with Crippen LogP contribution < -0.4 is 4.72 Å². The van der Waals surface area contributed by atoms with Gasteiger partial charge in [0.15, 0.2) is 0 Å². The van der Waals surface area contributed by atoms with Crippen molar-refractivity contribution in [3.63, 3.8) is 0 Å². The smallest absolute Gasteiger partial charge is 0.269 e. The Morgan fingerprint density at radius 3 is 2.31 bits per heavy atom. The molecule has 0 amide bonds. The second kappa shape index (κ2) is 3.35. The Hall–Kier alpha value is -1.07. The van der Waals surface area contributed by atoms with Crippen molar-refractivity contribution >= 4 is 16.0 Å². The van der Waals surface area contributed by atoms with Crippen LogP contribution in [0.1, 0.15) is 11.1 Å². The minimum atomic E-state index is -4.16. The van der Waals surface area contributed by atoms with E-state index in [2.05, 4.69) is 0 Å². The van der Waals surface area contributed by atoms with E-state index < -0.39 is 10.3 Å². The van der Waals surface area contributed by atoms with E-state index in [1.54, 1.807) is 18.2 Å². The molecule has 0 fully saturated rings. The summed E-state index contributed by atoms with van der Waals surface area (Å²) in [5.74, 6) is 0. The van der Waals surface area contributed by atoms with E-state index in [0.717, 1.165) is 11.1 Å². The van der Waals surface area contributed by atoms with Crippen molar-refractivity contribution in [2.45, 2.75) is 13.8 Å². The fourth-order valence-corrected chi connectivity index (χ4v) is 1.38. The molecule has 13 heavy (non-hydrogen) atoms. The normalized spacial score (nSPS) is 11.3. The third kappa shape index (κ3) is 3.04. The lowest BCUT2D eigenvalue weighted by Gasteiger charge is -2.05. The number of benzene rings is 1. The predicted molar refractivity (Wildman–Crippen MR) is 51.1 cm³/mol. The fraction of sp³-hybridized carbons (Fsp3) is 0.250. The van der Waals surface area contributed by atoms with Crippen LogP contribution in [0.4, 0.5) is 5.69 Å². The maximum Gasteiger partial charge on any atom is 0.357 e. The summed E-state index contributed by atoms with van der Waals surface area (Å²) in [7, 11) is -4.16. The highest BCUT2D eigenvalue weighted by Crippen LogP contribution is 2.14. The standard InChI is InChI=1S/C8H11NO3S/c1-6-3-4-8(5-7(6)2)9-13(10,11)12/h3-5,9H,1-2H3,(H,10,11,12). The summed E-state index contributed by atoms with van der Waals surface area (Å²) >= 11 is 0. The molecule has 1 aromatic carbocycles. The summed E-state index contributed by atoms with van der Waals surface area (Å²) in [6.45, 7) is 3.79. The van der Waals surface area contributed by atoms with Crippen LogP contribution >= 0.6 is 0 Å². The van der Waals surface area contributed by atoms with Gasteiger partial charge in [-0.25, -0.2) is 0 Å². The van der Waals surface area contributed by atoms with Gasteiger partial charge in [-0.1, -0.05) is 6.07 Å². The average Bonchev–Trinajstić information content (AvgIpc) is 1.94. The maximum atomic E-state index is 10.4. The van der Waals surface area contributed by atoms with Gasteiger partial charge in [0.05, 0.1) is 5.69 Å². The summed E-state index contributed by atoms with van der Waals surface area (Å²) in [5, 5.41) is 0. The quantitative estimate of drug-likeness (QED) is 0.713. The van der Waals surface area contributed by atoms with Crippen molar-refractivity contribution in [3.05, 3.63) is 29.3 Å². The number of nitrogens with one attached hydrogen (secondary N) is 1. The van der Waals surface area contributed by atoms with Gasteiger partial charge in [0.25, 0.3) is 0 Å². The molecule has 0 radical (unpaired) electrons. The number of anilines is 1. The Kier molecular flexibility index (Phi) is 2.58. The first-order chi connectivity index (χ1) is 5.88. The summed E-state index contributed by atoms with van der Waals surface area (Å²) in [6, 6.07) is 5.03. The Morgan fingerprint density at radius 2 is 1.85 bits per heavy atom. The molecule has 1 aromatic rings. The Bertz CT molecular complexity index is 411. The van der Waals surface area contributed by atoms with Gasteiger partial charge in [-0.2, -0.15) is 8.42 Å². The zero-order valence-electron chi connectivity index (χ0n) is 7.40. The van der Waals surface area contributed by atoms with Gasteiger partial charge in [0.2, 0.25) is 0 Å². The average molecular weight is 201 g/mol. The molecule has 72 valence electrons. The molecule has 0 unspecified atom stereocenters. The maximum absolute atomic E-state index is 10.4. The van der Waals surface area contributed by atoms with Crippen LogP contribution in [-0.4, -0.2) is 13.0 Å². The van der Waals surface area contributed by atoms with Crippen LogP contribution in [0.15, 0.2) is 18.2 Å². The third-order valence-corrected chi connectivity index (χ3v) is 2.25. The Balaban J connectivity index is 2.99. The summed E-state index contributed by atoms with van der Waals surface area (Å²) < 4.78 is 31.4. The first-order valence-electron chi connectivity index (χ1n) is 3.71. The third-order valence-electron chi connectivity index (χ3n) is 1.75. The summed E-state index contributed by atoms with van der Waals surface area (Å²) in [4.78, 5) is 0. The highest BCUT2D eigenvalue weighted by molar-refractivity contribution is 7.87. The molecule has 0 heterocycles. The van der Waals surface area contributed by atoms with Gasteiger partial charge in [-0.05, 0) is 37.1 Å². The summed E-state index contributed by atoms with van der Waals surface area (Å²) in [6.07, 6.45) is 0. The molecular weight excluding hydrogens is 190 g/mol. The van der Waals surface area contributed by atoms with Crippen LogP contribution in [-0.2, 0) is 10.3 Å². The monoisotopic (exact) mass is 201 g/mol. The molecule has 0 saturated heterocycles. The highest BCUT2D eigenvalue weighted by Gasteiger charge is 2.03. The molecule has 2 N–H and O–H groups in total. The van der Waals surface area contributed by atoms with E-state index in [-0.39, 0.29) is 0 Å². The second-order valence-electron chi connectivity index (χ2n) is 2.88. The van der Waals surface area contributed by atoms with E-state index in [1.807, 2.05) is 18.6 Å². The zero-order chi connectivity index (χ0) is 10.1. The first-order valence-corrected chi connectivity index (χ1v) is 5.15. The molecule has 0 saturated carbocycles. The number of aryl methyl sites for hydroxylation is 2. The topological polar surface area (TPSA) is 66.4 Å². The molecule has 5 heteroatoms. The van der Waals surface area contributed by atoms with Crippen LogP contribution in [0.2, 0.25) is 0 Å². The molecule has 1 rings (SSSR count). The molecular formula is C8H11NO3S. The lowest BCUT2D eigenvalue weighted by Crippen LogP contribution is -2.10. The van der Waals surface area contributed by atoms with E-state index in [0.29, 0.717) is 5.69 Å². The number of hydrogen-bond donors (Lipinski definition) is 2. The van der Waals surface area contributed by atoms with Crippen molar-refractivity contribution in [2.75, 3.05) is 4.72 Å². The van der Waals surface area contributed by atoms with Gasteiger partial charge in [0.1, 0.15) is 0 Å². The second-order valence-corrected chi connectivity index (χ2v) is 4.03. The number of rotatable bonds is 2. The highest BCUT2D eigenvalue weighted by atomic mass is 32.2. The molecule has 0 spiro atoms. The molecule has 4 nitrogen and oxygen atoms in total. The molecule has 0 bridgehead atoms. The van der Waals surface area contributed by atoms with Crippen molar-refractivity contribution in [1.29, 1.82) is 0 Å². The molecule has 0 aliphatic heterocycles. The van der Waals surface area contributed by atoms with Crippen LogP contribution in [0.25, 0.3) is 0 Å². The largest absolute Gasteiger partial charge is 0.357 e. The fourth-order valence-electron chi connectivity index (χ4n) is 0.954. The van der Waals surface area contributed by atoms with Crippen molar-refractivity contribution in [3.8, 4) is 0 Å². The Morgan fingerprint density at radius 1 is 1.23 bits per heavy atom. The minimum absolute atomic E-state index is 0.366. The van der Waals surface area contributed by atoms with Gasteiger partial charge in [0, 0.05) is 0 Å². The molecule has 0 aliphatic rings. The van der Waals surface area contributed by atoms with Crippen LogP contribution in [0.5, 0.6) is 0 Å². The Labute approximate surface area is 77.5 Å². The van der Waals surface area contributed by atoms with E-state index >= 15 is 0 Å². The first kappa shape index (κ1) is 10.0. The predicted octanol–water partition coefficient (Wildman–Crippen LogP) is 1.52. The van der Waals surface area contributed by atoms with Gasteiger partial charge < -0.3 is 0 Å². The van der Waals surface area contributed by atoms with Crippen molar-refractivity contribution < 1.29 is 13.0 Å². The molecule has 0 aliphatic carbocycles. The summed E-state index contributed by atoms with van der Waals surface area (Å²) in [5.41, 5.74) is 2.40. The SMILES string of the molecule is Cc1ccc(NS(=O)(=O)O)cc1C. The molecule has 0 aromatic heterocycles. The van der Waals surface area contributed by atoms with Crippen molar-refractivity contribution in [2.24, 2.45) is 0 Å². The van der Waals surface area contributed by atoms with Crippen molar-refractivity contribution in [1.82, 2.24) is 0 Å². The zero-order valence-corrected chi connectivity index (χ0v) is 8.22.